The molecule has 0 fully saturated rings. The number of anilines is 1. The van der Waals surface area contributed by atoms with Crippen molar-refractivity contribution in [2.45, 2.75) is 34.6 Å². The Hall–Kier alpha value is -1.89. The fraction of sp³-hybridized carbons (Fsp3) is 0.533. The van der Waals surface area contributed by atoms with Crippen LogP contribution in [0.1, 0.15) is 55.3 Å². The second-order valence-corrected chi connectivity index (χ2v) is 6.38. The minimum Gasteiger partial charge on any atom is -0.462 e. The Labute approximate surface area is 133 Å². The molecule has 0 aliphatic heterocycles. The molecule has 0 unspecified atom stereocenters. The number of esters is 2. The topological polar surface area (TPSA) is 81.7 Å². The van der Waals surface area contributed by atoms with Crippen molar-refractivity contribution in [3.8, 4) is 0 Å². The predicted molar refractivity (Wildman–Crippen MR) is 84.3 cm³/mol. The molecule has 1 rings (SSSR count). The van der Waals surface area contributed by atoms with Gasteiger partial charge in [0.15, 0.2) is 0 Å². The zero-order chi connectivity index (χ0) is 16.9. The van der Waals surface area contributed by atoms with E-state index in [-0.39, 0.29) is 30.2 Å². The number of hydrogen-bond acceptors (Lipinski definition) is 6. The summed E-state index contributed by atoms with van der Waals surface area (Å²) in [6.07, 6.45) is 0. The summed E-state index contributed by atoms with van der Waals surface area (Å²) in [5, 5.41) is 4.46. The van der Waals surface area contributed by atoms with E-state index in [0.717, 1.165) is 11.3 Å². The predicted octanol–water partition coefficient (Wildman–Crippen LogP) is 3.09. The first-order chi connectivity index (χ1) is 10.2. The fourth-order valence-electron chi connectivity index (χ4n) is 1.51. The summed E-state index contributed by atoms with van der Waals surface area (Å²) < 4.78 is 9.90. The number of rotatable bonds is 5. The number of ether oxygens (including phenoxy) is 2. The molecule has 1 aromatic rings. The molecule has 22 heavy (non-hydrogen) atoms. The van der Waals surface area contributed by atoms with Gasteiger partial charge in [-0.25, -0.2) is 9.59 Å². The minimum atomic E-state index is -0.656. The summed E-state index contributed by atoms with van der Waals surface area (Å²) in [6.45, 7) is 8.98. The van der Waals surface area contributed by atoms with Gasteiger partial charge in [0.25, 0.3) is 0 Å². The zero-order valence-electron chi connectivity index (χ0n) is 13.4. The molecule has 7 heteroatoms. The molecule has 0 bridgehead atoms. The molecule has 6 nitrogen and oxygen atoms in total. The van der Waals surface area contributed by atoms with E-state index in [2.05, 4.69) is 5.32 Å². The van der Waals surface area contributed by atoms with Gasteiger partial charge in [-0.15, -0.1) is 11.3 Å². The van der Waals surface area contributed by atoms with Crippen LogP contribution in [0.3, 0.4) is 0 Å². The van der Waals surface area contributed by atoms with Crippen molar-refractivity contribution >= 4 is 34.2 Å². The highest BCUT2D eigenvalue weighted by Crippen LogP contribution is 2.31. The summed E-state index contributed by atoms with van der Waals surface area (Å²) in [5.74, 6) is -1.52. The first kappa shape index (κ1) is 18.2. The molecule has 1 heterocycles. The van der Waals surface area contributed by atoms with Crippen LogP contribution in [0.25, 0.3) is 0 Å². The van der Waals surface area contributed by atoms with E-state index < -0.39 is 17.4 Å². The Morgan fingerprint density at radius 1 is 1.09 bits per heavy atom. The fourth-order valence-corrected chi connectivity index (χ4v) is 2.42. The van der Waals surface area contributed by atoms with Gasteiger partial charge in [0, 0.05) is 10.8 Å². The molecule has 122 valence electrons. The van der Waals surface area contributed by atoms with Gasteiger partial charge in [0.1, 0.15) is 10.6 Å². The van der Waals surface area contributed by atoms with Gasteiger partial charge in [-0.2, -0.15) is 0 Å². The maximum Gasteiger partial charge on any atom is 0.342 e. The Morgan fingerprint density at radius 2 is 1.64 bits per heavy atom. The van der Waals surface area contributed by atoms with Crippen LogP contribution in [0.15, 0.2) is 5.38 Å². The molecule has 0 aromatic carbocycles. The molecule has 0 spiro atoms. The van der Waals surface area contributed by atoms with Gasteiger partial charge in [-0.05, 0) is 13.8 Å². The van der Waals surface area contributed by atoms with E-state index in [1.807, 2.05) is 0 Å². The Balaban J connectivity index is 3.20. The maximum atomic E-state index is 12.1. The highest BCUT2D eigenvalue weighted by Gasteiger charge is 2.29. The van der Waals surface area contributed by atoms with Crippen molar-refractivity contribution in [1.29, 1.82) is 0 Å². The van der Waals surface area contributed by atoms with Gasteiger partial charge in [-0.3, -0.25) is 4.79 Å². The van der Waals surface area contributed by atoms with E-state index >= 15 is 0 Å². The van der Waals surface area contributed by atoms with Gasteiger partial charge in [0.2, 0.25) is 5.91 Å². The second-order valence-electron chi connectivity index (χ2n) is 5.50. The van der Waals surface area contributed by atoms with E-state index in [0.29, 0.717) is 5.00 Å². The smallest absolute Gasteiger partial charge is 0.342 e. The lowest BCUT2D eigenvalue weighted by Crippen LogP contribution is -2.28. The van der Waals surface area contributed by atoms with E-state index in [1.54, 1.807) is 34.6 Å². The molecular formula is C15H21NO5S. The van der Waals surface area contributed by atoms with E-state index in [4.69, 9.17) is 9.47 Å². The van der Waals surface area contributed by atoms with Crippen molar-refractivity contribution in [2.24, 2.45) is 5.41 Å². The normalized spacial score (nSPS) is 11.0. The van der Waals surface area contributed by atoms with Crippen molar-refractivity contribution in [3.05, 3.63) is 16.5 Å². The van der Waals surface area contributed by atoms with Crippen LogP contribution in [0.5, 0.6) is 0 Å². The summed E-state index contributed by atoms with van der Waals surface area (Å²) in [7, 11) is 0. The molecule has 1 aromatic heterocycles. The molecular weight excluding hydrogens is 306 g/mol. The van der Waals surface area contributed by atoms with E-state index in [1.165, 1.54) is 5.38 Å². The summed E-state index contributed by atoms with van der Waals surface area (Å²) in [6, 6.07) is 0. The number of hydrogen-bond donors (Lipinski definition) is 1. The number of carbonyl (C=O) groups is 3. The molecule has 1 N–H and O–H groups in total. The van der Waals surface area contributed by atoms with Crippen LogP contribution in [-0.4, -0.2) is 31.1 Å². The largest absolute Gasteiger partial charge is 0.462 e. The van der Waals surface area contributed by atoms with Crippen LogP contribution in [0, 0.1) is 5.41 Å². The van der Waals surface area contributed by atoms with E-state index in [9.17, 15) is 14.4 Å². The third-order valence-electron chi connectivity index (χ3n) is 2.67. The second kappa shape index (κ2) is 7.40. The average molecular weight is 327 g/mol. The molecule has 0 radical (unpaired) electrons. The quantitative estimate of drug-likeness (QED) is 0.840. The standard InChI is InChI=1S/C15H21NO5S/c1-6-20-12(17)9-8-22-11(10(9)13(18)21-7-2)16-14(19)15(3,4)5/h8H,6-7H2,1-5H3,(H,16,19). The monoisotopic (exact) mass is 327 g/mol. The lowest BCUT2D eigenvalue weighted by atomic mass is 9.96. The lowest BCUT2D eigenvalue weighted by Gasteiger charge is -2.17. The van der Waals surface area contributed by atoms with Crippen molar-refractivity contribution in [1.82, 2.24) is 0 Å². The van der Waals surface area contributed by atoms with Crippen LogP contribution in [-0.2, 0) is 14.3 Å². The number of thiophene rings is 1. The molecule has 1 amide bonds. The highest BCUT2D eigenvalue weighted by atomic mass is 32.1. The maximum absolute atomic E-state index is 12.1. The zero-order valence-corrected chi connectivity index (χ0v) is 14.3. The van der Waals surface area contributed by atoms with Gasteiger partial charge in [0.05, 0.1) is 18.8 Å². The van der Waals surface area contributed by atoms with Crippen molar-refractivity contribution < 1.29 is 23.9 Å². The number of nitrogens with one attached hydrogen (secondary N) is 1. The average Bonchev–Trinajstić information content (AvgIpc) is 2.82. The molecule has 0 saturated heterocycles. The highest BCUT2D eigenvalue weighted by molar-refractivity contribution is 7.15. The lowest BCUT2D eigenvalue weighted by molar-refractivity contribution is -0.123. The van der Waals surface area contributed by atoms with Crippen molar-refractivity contribution in [2.75, 3.05) is 18.5 Å². The Morgan fingerprint density at radius 3 is 2.14 bits per heavy atom. The molecule has 0 aliphatic rings. The van der Waals surface area contributed by atoms with Gasteiger partial charge >= 0.3 is 11.9 Å². The SMILES string of the molecule is CCOC(=O)c1csc(NC(=O)C(C)(C)C)c1C(=O)OCC. The minimum absolute atomic E-state index is 0.0444. The Kier molecular flexibility index (Phi) is 6.11. The third kappa shape index (κ3) is 4.30. The third-order valence-corrected chi connectivity index (χ3v) is 3.57. The molecule has 0 aliphatic carbocycles. The Bertz CT molecular complexity index is 571. The van der Waals surface area contributed by atoms with Gasteiger partial charge in [-0.1, -0.05) is 20.8 Å². The van der Waals surface area contributed by atoms with Crippen LogP contribution < -0.4 is 5.32 Å². The summed E-state index contributed by atoms with van der Waals surface area (Å²) in [5.41, 5.74) is -0.475. The first-order valence-corrected chi connectivity index (χ1v) is 7.87. The van der Waals surface area contributed by atoms with Crippen LogP contribution in [0.2, 0.25) is 0 Å². The van der Waals surface area contributed by atoms with Crippen LogP contribution in [0.4, 0.5) is 5.00 Å². The van der Waals surface area contributed by atoms with Gasteiger partial charge < -0.3 is 14.8 Å². The first-order valence-electron chi connectivity index (χ1n) is 6.99. The summed E-state index contributed by atoms with van der Waals surface area (Å²) in [4.78, 5) is 36.1. The molecule has 0 saturated carbocycles. The number of amides is 1. The molecule has 0 atom stereocenters. The number of carbonyl (C=O) groups excluding carboxylic acids is 3. The van der Waals surface area contributed by atoms with Crippen LogP contribution >= 0.6 is 11.3 Å². The summed E-state index contributed by atoms with van der Waals surface area (Å²) >= 11 is 1.10. The van der Waals surface area contributed by atoms with Crippen molar-refractivity contribution in [3.63, 3.8) is 0 Å².